The number of hydrogen-bond donors (Lipinski definition) is 1. The molecule has 1 amide bonds. The number of amides is 1. The second kappa shape index (κ2) is 6.15. The second-order valence-electron chi connectivity index (χ2n) is 3.75. The highest BCUT2D eigenvalue weighted by Crippen LogP contribution is 2.10. The van der Waals surface area contributed by atoms with Gasteiger partial charge in [0.2, 0.25) is 5.88 Å². The molecule has 0 aliphatic heterocycles. The van der Waals surface area contributed by atoms with E-state index in [1.54, 1.807) is 31.5 Å². The number of ether oxygens (including phenoxy) is 1. The summed E-state index contributed by atoms with van der Waals surface area (Å²) in [5, 5.41) is 3.23. The van der Waals surface area contributed by atoms with Gasteiger partial charge in [-0.2, -0.15) is 0 Å². The maximum atomic E-state index is 11.8. The summed E-state index contributed by atoms with van der Waals surface area (Å²) >= 11 is 5.80. The molecule has 2 rings (SSSR count). The van der Waals surface area contributed by atoms with Crippen LogP contribution in [0, 0.1) is 0 Å². The summed E-state index contributed by atoms with van der Waals surface area (Å²) in [6, 6.07) is 6.69. The zero-order chi connectivity index (χ0) is 13.7. The van der Waals surface area contributed by atoms with E-state index in [4.69, 9.17) is 16.3 Å². The van der Waals surface area contributed by atoms with E-state index >= 15 is 0 Å². The van der Waals surface area contributed by atoms with Gasteiger partial charge in [0.1, 0.15) is 5.69 Å². The van der Waals surface area contributed by atoms with Gasteiger partial charge in [-0.1, -0.05) is 11.6 Å². The Kier molecular flexibility index (Phi) is 4.30. The average molecular weight is 278 g/mol. The molecule has 2 aromatic heterocycles. The Morgan fingerprint density at radius 3 is 2.84 bits per heavy atom. The first kappa shape index (κ1) is 13.3. The van der Waals surface area contributed by atoms with E-state index < -0.39 is 0 Å². The maximum absolute atomic E-state index is 11.8. The van der Waals surface area contributed by atoms with Crippen molar-refractivity contribution in [3.05, 3.63) is 52.9 Å². The number of nitrogens with one attached hydrogen (secondary N) is 1. The van der Waals surface area contributed by atoms with Gasteiger partial charge >= 0.3 is 0 Å². The van der Waals surface area contributed by atoms with Crippen LogP contribution in [0.1, 0.15) is 16.1 Å². The topological polar surface area (TPSA) is 64.1 Å². The van der Waals surface area contributed by atoms with Crippen molar-refractivity contribution in [2.45, 2.75) is 6.54 Å². The Labute approximate surface area is 115 Å². The van der Waals surface area contributed by atoms with E-state index in [-0.39, 0.29) is 11.6 Å². The van der Waals surface area contributed by atoms with Crippen LogP contribution >= 0.6 is 11.6 Å². The minimum atomic E-state index is -0.279. The Bertz CT molecular complexity index is 590. The molecule has 1 N–H and O–H groups in total. The van der Waals surface area contributed by atoms with E-state index in [9.17, 15) is 4.79 Å². The minimum absolute atomic E-state index is 0.279. The van der Waals surface area contributed by atoms with Gasteiger partial charge in [0.15, 0.2) is 0 Å². The van der Waals surface area contributed by atoms with Crippen LogP contribution < -0.4 is 10.1 Å². The minimum Gasteiger partial charge on any atom is -0.481 e. The third-order valence-corrected chi connectivity index (χ3v) is 2.65. The molecule has 5 nitrogen and oxygen atoms in total. The quantitative estimate of drug-likeness (QED) is 0.929. The van der Waals surface area contributed by atoms with Crippen LogP contribution in [0.3, 0.4) is 0 Å². The van der Waals surface area contributed by atoms with E-state index in [1.807, 2.05) is 0 Å². The summed E-state index contributed by atoms with van der Waals surface area (Å²) in [6.07, 6.45) is 3.12. The van der Waals surface area contributed by atoms with Crippen LogP contribution in [0.4, 0.5) is 0 Å². The van der Waals surface area contributed by atoms with Crippen molar-refractivity contribution in [2.24, 2.45) is 0 Å². The summed E-state index contributed by atoms with van der Waals surface area (Å²) in [6.45, 7) is 0.367. The lowest BCUT2D eigenvalue weighted by atomic mass is 10.2. The number of carbonyl (C=O) groups excluding carboxylic acids is 1. The van der Waals surface area contributed by atoms with Crippen molar-refractivity contribution in [1.82, 2.24) is 15.3 Å². The number of halogens is 1. The van der Waals surface area contributed by atoms with Gasteiger partial charge in [-0.25, -0.2) is 4.98 Å². The van der Waals surface area contributed by atoms with Gasteiger partial charge < -0.3 is 10.1 Å². The summed E-state index contributed by atoms with van der Waals surface area (Å²) in [4.78, 5) is 19.8. The first-order valence-corrected chi connectivity index (χ1v) is 5.95. The monoisotopic (exact) mass is 277 g/mol. The highest BCUT2D eigenvalue weighted by molar-refractivity contribution is 6.30. The number of aromatic nitrogens is 2. The number of pyridine rings is 2. The van der Waals surface area contributed by atoms with Crippen LogP contribution in [0.15, 0.2) is 36.7 Å². The largest absolute Gasteiger partial charge is 0.481 e. The fourth-order valence-corrected chi connectivity index (χ4v) is 1.63. The highest BCUT2D eigenvalue weighted by Gasteiger charge is 2.07. The zero-order valence-electron chi connectivity index (χ0n) is 10.3. The van der Waals surface area contributed by atoms with Crippen LogP contribution in [0.25, 0.3) is 0 Å². The van der Waals surface area contributed by atoms with Crippen molar-refractivity contribution in [1.29, 1.82) is 0 Å². The van der Waals surface area contributed by atoms with Gasteiger partial charge in [0, 0.05) is 30.0 Å². The van der Waals surface area contributed by atoms with Crippen LogP contribution in [-0.4, -0.2) is 23.0 Å². The molecule has 0 saturated heterocycles. The summed E-state index contributed by atoms with van der Waals surface area (Å²) in [5.74, 6) is 0.228. The lowest BCUT2D eigenvalue weighted by Crippen LogP contribution is -2.23. The van der Waals surface area contributed by atoms with Crippen molar-refractivity contribution >= 4 is 17.5 Å². The predicted molar refractivity (Wildman–Crippen MR) is 71.2 cm³/mol. The lowest BCUT2D eigenvalue weighted by molar-refractivity contribution is 0.0946. The summed E-state index contributed by atoms with van der Waals surface area (Å²) in [7, 11) is 1.54. The molecule has 0 unspecified atom stereocenters. The zero-order valence-corrected chi connectivity index (χ0v) is 11.0. The molecule has 2 aromatic rings. The number of methoxy groups -OCH3 is 1. The number of rotatable bonds is 4. The number of carbonyl (C=O) groups is 1. The van der Waals surface area contributed by atoms with Crippen molar-refractivity contribution in [2.75, 3.05) is 7.11 Å². The van der Waals surface area contributed by atoms with Crippen LogP contribution in [0.5, 0.6) is 5.88 Å². The standard InChI is InChI=1S/C13H12ClN3O2/c1-19-12-6-9(2-4-16-12)8-17-13(18)11-7-10(14)3-5-15-11/h2-7H,8H2,1H3,(H,17,18). The third kappa shape index (κ3) is 3.66. The normalized spacial score (nSPS) is 10.0. The smallest absolute Gasteiger partial charge is 0.270 e. The molecule has 0 bridgehead atoms. The Morgan fingerprint density at radius 1 is 1.32 bits per heavy atom. The second-order valence-corrected chi connectivity index (χ2v) is 4.18. The van der Waals surface area contributed by atoms with Crippen molar-refractivity contribution in [3.63, 3.8) is 0 Å². The molecule has 0 fully saturated rings. The summed E-state index contributed by atoms with van der Waals surface area (Å²) < 4.78 is 5.01. The Morgan fingerprint density at radius 2 is 2.11 bits per heavy atom. The number of hydrogen-bond acceptors (Lipinski definition) is 4. The van der Waals surface area contributed by atoms with Crippen LogP contribution in [-0.2, 0) is 6.54 Å². The van der Waals surface area contributed by atoms with E-state index in [0.29, 0.717) is 17.4 Å². The molecule has 2 heterocycles. The maximum Gasteiger partial charge on any atom is 0.270 e. The average Bonchev–Trinajstić information content (AvgIpc) is 2.45. The SMILES string of the molecule is COc1cc(CNC(=O)c2cc(Cl)ccn2)ccn1. The molecular weight excluding hydrogens is 266 g/mol. The first-order chi connectivity index (χ1) is 9.19. The van der Waals surface area contributed by atoms with E-state index in [2.05, 4.69) is 15.3 Å². The number of nitrogens with zero attached hydrogens (tertiary/aromatic N) is 2. The predicted octanol–water partition coefficient (Wildman–Crippen LogP) is 2.07. The Balaban J connectivity index is 2.00. The molecule has 19 heavy (non-hydrogen) atoms. The fourth-order valence-electron chi connectivity index (χ4n) is 1.47. The third-order valence-electron chi connectivity index (χ3n) is 2.42. The van der Waals surface area contributed by atoms with Gasteiger partial charge in [0.05, 0.1) is 7.11 Å². The molecule has 0 radical (unpaired) electrons. The van der Waals surface area contributed by atoms with Gasteiger partial charge in [-0.3, -0.25) is 9.78 Å². The van der Waals surface area contributed by atoms with Crippen molar-refractivity contribution < 1.29 is 9.53 Å². The Hall–Kier alpha value is -2.14. The molecule has 0 spiro atoms. The fraction of sp³-hybridized carbons (Fsp3) is 0.154. The first-order valence-electron chi connectivity index (χ1n) is 5.57. The molecule has 0 aromatic carbocycles. The molecule has 0 saturated carbocycles. The molecule has 0 aliphatic carbocycles. The van der Waals surface area contributed by atoms with Gasteiger partial charge in [0.25, 0.3) is 5.91 Å². The molecule has 0 aliphatic rings. The highest BCUT2D eigenvalue weighted by atomic mass is 35.5. The van der Waals surface area contributed by atoms with Crippen LogP contribution in [0.2, 0.25) is 5.02 Å². The van der Waals surface area contributed by atoms with E-state index in [0.717, 1.165) is 5.56 Å². The summed E-state index contributed by atoms with van der Waals surface area (Å²) in [5.41, 5.74) is 1.18. The van der Waals surface area contributed by atoms with Gasteiger partial charge in [-0.05, 0) is 23.8 Å². The van der Waals surface area contributed by atoms with Crippen molar-refractivity contribution in [3.8, 4) is 5.88 Å². The molecule has 6 heteroatoms. The molecule has 0 atom stereocenters. The van der Waals surface area contributed by atoms with E-state index in [1.165, 1.54) is 12.3 Å². The molecule has 98 valence electrons. The molecular formula is C13H12ClN3O2. The lowest BCUT2D eigenvalue weighted by Gasteiger charge is -2.06. The van der Waals surface area contributed by atoms with Gasteiger partial charge in [-0.15, -0.1) is 0 Å².